The lowest BCUT2D eigenvalue weighted by Gasteiger charge is -2.45. The van der Waals surface area contributed by atoms with Gasteiger partial charge in [-0.3, -0.25) is 4.90 Å². The lowest BCUT2D eigenvalue weighted by atomic mass is 9.87. The van der Waals surface area contributed by atoms with Gasteiger partial charge in [0.1, 0.15) is 5.66 Å². The van der Waals surface area contributed by atoms with Gasteiger partial charge in [0.25, 0.3) is 0 Å². The van der Waals surface area contributed by atoms with Gasteiger partial charge in [0.15, 0.2) is 11.6 Å². The fraction of sp³-hybridized carbons (Fsp3) is 0.467. The van der Waals surface area contributed by atoms with E-state index in [4.69, 9.17) is 16.2 Å². The van der Waals surface area contributed by atoms with Crippen molar-refractivity contribution >= 4 is 17.6 Å². The van der Waals surface area contributed by atoms with Crippen LogP contribution in [0.25, 0.3) is 0 Å². The molecule has 0 bridgehead atoms. The van der Waals surface area contributed by atoms with Crippen LogP contribution in [-0.2, 0) is 0 Å². The second kappa shape index (κ2) is 5.68. The smallest absolute Gasteiger partial charge is 0.220 e. The highest BCUT2D eigenvalue weighted by Gasteiger charge is 2.43. The van der Waals surface area contributed by atoms with Crippen LogP contribution in [0.5, 0.6) is 5.75 Å². The molecule has 1 aromatic rings. The third-order valence-corrected chi connectivity index (χ3v) is 4.31. The average molecular weight is 323 g/mol. The molecule has 23 heavy (non-hydrogen) atoms. The molecule has 6 nitrogen and oxygen atoms in total. The molecule has 1 saturated carbocycles. The summed E-state index contributed by atoms with van der Waals surface area (Å²) in [6.07, 6.45) is 4.41. The molecule has 1 aromatic carbocycles. The number of guanidine groups is 2. The van der Waals surface area contributed by atoms with Crippen molar-refractivity contribution < 1.29 is 13.5 Å². The van der Waals surface area contributed by atoms with Crippen LogP contribution in [-0.4, -0.2) is 24.7 Å². The summed E-state index contributed by atoms with van der Waals surface area (Å²) in [5, 5.41) is 0. The Bertz CT molecular complexity index is 683. The first-order valence-corrected chi connectivity index (χ1v) is 7.49. The van der Waals surface area contributed by atoms with Crippen LogP contribution in [0, 0.1) is 11.6 Å². The number of halogens is 2. The molecule has 124 valence electrons. The Morgan fingerprint density at radius 2 is 1.87 bits per heavy atom. The van der Waals surface area contributed by atoms with E-state index >= 15 is 0 Å². The van der Waals surface area contributed by atoms with Gasteiger partial charge in [0.2, 0.25) is 17.7 Å². The summed E-state index contributed by atoms with van der Waals surface area (Å²) < 4.78 is 32.5. The normalized spacial score (nSPS) is 20.2. The van der Waals surface area contributed by atoms with Crippen molar-refractivity contribution in [3.8, 4) is 5.75 Å². The maximum Gasteiger partial charge on any atom is 0.220 e. The van der Waals surface area contributed by atoms with Crippen LogP contribution in [0.2, 0.25) is 0 Å². The van der Waals surface area contributed by atoms with E-state index in [0.717, 1.165) is 25.3 Å². The van der Waals surface area contributed by atoms with Gasteiger partial charge in [0, 0.05) is 12.1 Å². The number of methoxy groups -OCH3 is 1. The van der Waals surface area contributed by atoms with Crippen molar-refractivity contribution in [2.24, 2.45) is 21.5 Å². The molecule has 0 radical (unpaired) electrons. The maximum atomic E-state index is 13.9. The molecule has 2 aliphatic rings. The highest BCUT2D eigenvalue weighted by molar-refractivity contribution is 6.05. The molecular weight excluding hydrogens is 304 g/mol. The second-order valence-corrected chi connectivity index (χ2v) is 5.76. The summed E-state index contributed by atoms with van der Waals surface area (Å²) in [7, 11) is 1.28. The zero-order valence-corrected chi connectivity index (χ0v) is 12.9. The van der Waals surface area contributed by atoms with E-state index < -0.39 is 17.3 Å². The summed E-state index contributed by atoms with van der Waals surface area (Å²) in [5.74, 6) is -2.02. The summed E-state index contributed by atoms with van der Waals surface area (Å²) in [5.41, 5.74) is 11.5. The van der Waals surface area contributed by atoms with Gasteiger partial charge in [-0.15, -0.1) is 0 Å². The number of ether oxygens (including phenoxy) is 1. The number of aliphatic imine (C=N–C) groups is 2. The van der Waals surface area contributed by atoms with E-state index in [-0.39, 0.29) is 17.7 Å². The van der Waals surface area contributed by atoms with Gasteiger partial charge in [0.05, 0.1) is 12.8 Å². The zero-order chi connectivity index (χ0) is 16.6. The fourth-order valence-electron chi connectivity index (χ4n) is 3.32. The lowest BCUT2D eigenvalue weighted by molar-refractivity contribution is 0.304. The van der Waals surface area contributed by atoms with E-state index in [2.05, 4.69) is 9.98 Å². The molecule has 1 heterocycles. The summed E-state index contributed by atoms with van der Waals surface area (Å²) in [4.78, 5) is 10.1. The average Bonchev–Trinajstić information content (AvgIpc) is 2.50. The number of hydrogen-bond acceptors (Lipinski definition) is 6. The van der Waals surface area contributed by atoms with Crippen molar-refractivity contribution in [3.63, 3.8) is 0 Å². The molecule has 3 rings (SSSR count). The number of nitrogens with two attached hydrogens (primary N) is 2. The summed E-state index contributed by atoms with van der Waals surface area (Å²) in [6, 6.07) is 2.47. The number of hydrogen-bond donors (Lipinski definition) is 2. The Labute approximate surface area is 132 Å². The largest absolute Gasteiger partial charge is 0.493 e. The third kappa shape index (κ3) is 2.58. The predicted octanol–water partition coefficient (Wildman–Crippen LogP) is 2.08. The summed E-state index contributed by atoms with van der Waals surface area (Å²) in [6.45, 7) is 0. The minimum absolute atomic E-state index is 0.107. The Morgan fingerprint density at radius 1 is 1.17 bits per heavy atom. The van der Waals surface area contributed by atoms with Gasteiger partial charge < -0.3 is 16.2 Å². The topological polar surface area (TPSA) is 89.2 Å². The first-order chi connectivity index (χ1) is 11.0. The minimum Gasteiger partial charge on any atom is -0.493 e. The molecule has 1 aliphatic carbocycles. The first kappa shape index (κ1) is 15.5. The molecule has 0 saturated heterocycles. The SMILES string of the molecule is COc1cc(N2C(N)=NC(N)=NC23CCCCC3)cc(F)c1F. The van der Waals surface area contributed by atoms with Crippen LogP contribution in [0.15, 0.2) is 22.1 Å². The van der Waals surface area contributed by atoms with Gasteiger partial charge in [-0.2, -0.15) is 9.38 Å². The zero-order valence-electron chi connectivity index (χ0n) is 12.9. The molecular formula is C15H19F2N5O. The Kier molecular flexibility index (Phi) is 3.83. The van der Waals surface area contributed by atoms with E-state index in [1.165, 1.54) is 13.2 Å². The molecule has 1 aliphatic heterocycles. The number of benzene rings is 1. The molecule has 0 aromatic heterocycles. The quantitative estimate of drug-likeness (QED) is 0.872. The third-order valence-electron chi connectivity index (χ3n) is 4.31. The van der Waals surface area contributed by atoms with Gasteiger partial charge in [-0.25, -0.2) is 9.38 Å². The fourth-order valence-corrected chi connectivity index (χ4v) is 3.32. The predicted molar refractivity (Wildman–Crippen MR) is 84.4 cm³/mol. The Balaban J connectivity index is 2.12. The van der Waals surface area contributed by atoms with E-state index in [9.17, 15) is 8.78 Å². The molecule has 0 amide bonds. The van der Waals surface area contributed by atoms with Gasteiger partial charge in [-0.05, 0) is 25.7 Å². The van der Waals surface area contributed by atoms with E-state index in [1.54, 1.807) is 4.90 Å². The van der Waals surface area contributed by atoms with Gasteiger partial charge >= 0.3 is 0 Å². The molecule has 0 atom stereocenters. The van der Waals surface area contributed by atoms with Crippen LogP contribution in [0.4, 0.5) is 14.5 Å². The van der Waals surface area contributed by atoms with Crippen molar-refractivity contribution in [3.05, 3.63) is 23.8 Å². The monoisotopic (exact) mass is 323 g/mol. The number of rotatable bonds is 2. The van der Waals surface area contributed by atoms with Gasteiger partial charge in [-0.1, -0.05) is 6.42 Å². The Morgan fingerprint density at radius 3 is 2.52 bits per heavy atom. The first-order valence-electron chi connectivity index (χ1n) is 7.49. The lowest BCUT2D eigenvalue weighted by Crippen LogP contribution is -2.58. The highest BCUT2D eigenvalue weighted by atomic mass is 19.2. The van der Waals surface area contributed by atoms with Crippen molar-refractivity contribution in [1.29, 1.82) is 0 Å². The standard InChI is InChI=1S/C15H19F2N5O/c1-23-11-8-9(7-10(16)12(11)17)22-14(19)20-13(18)21-15(22)5-3-2-4-6-15/h7-8H,2-6H2,1H3,(H4,18,19,20,21). The molecule has 8 heteroatoms. The molecule has 1 fully saturated rings. The van der Waals surface area contributed by atoms with E-state index in [0.29, 0.717) is 18.5 Å². The number of anilines is 1. The molecule has 1 spiro atoms. The minimum atomic E-state index is -1.04. The van der Waals surface area contributed by atoms with Crippen LogP contribution in [0.3, 0.4) is 0 Å². The number of nitrogens with zero attached hydrogens (tertiary/aromatic N) is 3. The van der Waals surface area contributed by atoms with Crippen molar-refractivity contribution in [2.75, 3.05) is 12.0 Å². The van der Waals surface area contributed by atoms with E-state index in [1.807, 2.05) is 0 Å². The van der Waals surface area contributed by atoms with Crippen LogP contribution >= 0.6 is 0 Å². The summed E-state index contributed by atoms with van der Waals surface area (Å²) >= 11 is 0. The Hall–Kier alpha value is -2.38. The van der Waals surface area contributed by atoms with Crippen LogP contribution in [0.1, 0.15) is 32.1 Å². The molecule has 4 N–H and O–H groups in total. The van der Waals surface area contributed by atoms with Crippen molar-refractivity contribution in [1.82, 2.24) is 0 Å². The second-order valence-electron chi connectivity index (χ2n) is 5.76. The highest BCUT2D eigenvalue weighted by Crippen LogP contribution is 2.40. The van der Waals surface area contributed by atoms with Crippen LogP contribution < -0.4 is 21.1 Å². The molecule has 0 unspecified atom stereocenters. The maximum absolute atomic E-state index is 13.9. The van der Waals surface area contributed by atoms with Crippen molar-refractivity contribution in [2.45, 2.75) is 37.8 Å².